The molecule has 0 bridgehead atoms. The number of benzene rings is 4. The summed E-state index contributed by atoms with van der Waals surface area (Å²) in [6.45, 7) is 16.5. The van der Waals surface area contributed by atoms with Gasteiger partial charge in [-0.15, -0.1) is 0 Å². The first kappa shape index (κ1) is 26.4. The number of aryl methyl sites for hydroxylation is 2. The van der Waals surface area contributed by atoms with Crippen molar-refractivity contribution in [2.24, 2.45) is 0 Å². The molecule has 0 amide bonds. The number of aromatic hydroxyl groups is 1. The molecule has 0 aromatic heterocycles. The van der Waals surface area contributed by atoms with Gasteiger partial charge >= 0.3 is 0 Å². The zero-order valence-corrected chi connectivity index (χ0v) is 21.5. The van der Waals surface area contributed by atoms with Crippen molar-refractivity contribution in [3.63, 3.8) is 0 Å². The number of fused-ring (bicyclic) bond motifs is 2. The first-order valence-corrected chi connectivity index (χ1v) is 12.2. The summed E-state index contributed by atoms with van der Waals surface area (Å²) in [7, 11) is 0. The smallest absolute Gasteiger partial charge is 0.127 e. The fourth-order valence-electron chi connectivity index (χ4n) is 4.42. The summed E-state index contributed by atoms with van der Waals surface area (Å²) < 4.78 is 14.1. The van der Waals surface area contributed by atoms with E-state index in [1.807, 2.05) is 27.7 Å². The van der Waals surface area contributed by atoms with Crippen LogP contribution < -0.4 is 0 Å². The first-order valence-electron chi connectivity index (χ1n) is 12.2. The zero-order chi connectivity index (χ0) is 24.7. The van der Waals surface area contributed by atoms with Gasteiger partial charge < -0.3 is 5.11 Å². The van der Waals surface area contributed by atoms with E-state index in [1.54, 1.807) is 18.2 Å². The predicted molar refractivity (Wildman–Crippen MR) is 143 cm³/mol. The average molecular weight is 447 g/mol. The second-order valence-corrected chi connectivity index (χ2v) is 8.85. The number of rotatable bonds is 3. The summed E-state index contributed by atoms with van der Waals surface area (Å²) in [5.41, 5.74) is 4.59. The maximum absolute atomic E-state index is 14.1. The van der Waals surface area contributed by atoms with Gasteiger partial charge in [-0.05, 0) is 87.2 Å². The monoisotopic (exact) mass is 446 g/mol. The molecule has 0 unspecified atom stereocenters. The summed E-state index contributed by atoms with van der Waals surface area (Å²) in [5, 5.41) is 14.4. The van der Waals surface area contributed by atoms with E-state index in [1.165, 1.54) is 28.0 Å². The molecule has 2 heteroatoms. The van der Waals surface area contributed by atoms with Crippen molar-refractivity contribution in [1.82, 2.24) is 0 Å². The Morgan fingerprint density at radius 2 is 1.42 bits per heavy atom. The fraction of sp³-hybridized carbons (Fsp3) is 0.355. The molecule has 4 aromatic carbocycles. The van der Waals surface area contributed by atoms with Crippen LogP contribution in [0.2, 0.25) is 0 Å². The van der Waals surface area contributed by atoms with Crippen LogP contribution in [0.4, 0.5) is 4.39 Å². The standard InChI is InChI=1S/C16H19FO.C13H14.C2H6/c1-9(2)13-8-12(18)7-11-5-6-14(17)15(10(3)4)16(11)13;1-3-11-7-5-9-12-8-4-6-10(2)13(11)12;1-2/h5-10,18H,1-4H3;4-9H,3H2,1-2H3;1-2H3. The van der Waals surface area contributed by atoms with E-state index < -0.39 is 0 Å². The Morgan fingerprint density at radius 1 is 0.788 bits per heavy atom. The molecule has 0 saturated heterocycles. The Balaban J connectivity index is 0.000000227. The molecule has 1 N–H and O–H groups in total. The molecule has 0 aliphatic heterocycles. The maximum atomic E-state index is 14.1. The van der Waals surface area contributed by atoms with Crippen molar-refractivity contribution in [3.05, 3.63) is 88.7 Å². The van der Waals surface area contributed by atoms with Crippen LogP contribution in [0.3, 0.4) is 0 Å². The molecule has 0 saturated carbocycles. The molecule has 0 heterocycles. The van der Waals surface area contributed by atoms with Gasteiger partial charge in [-0.3, -0.25) is 0 Å². The van der Waals surface area contributed by atoms with Gasteiger partial charge in [0, 0.05) is 0 Å². The van der Waals surface area contributed by atoms with E-state index in [-0.39, 0.29) is 23.4 Å². The quantitative estimate of drug-likeness (QED) is 0.332. The van der Waals surface area contributed by atoms with Crippen LogP contribution in [0.1, 0.15) is 82.6 Å². The molecule has 0 aliphatic carbocycles. The molecular weight excluding hydrogens is 407 g/mol. The Kier molecular flexibility index (Phi) is 9.46. The summed E-state index contributed by atoms with van der Waals surface area (Å²) in [5.74, 6) is 0.451. The van der Waals surface area contributed by atoms with Crippen LogP contribution >= 0.6 is 0 Å². The normalized spacial score (nSPS) is 10.8. The number of phenolic OH excluding ortho intramolecular Hbond substituents is 1. The molecular formula is C31H39FO. The minimum absolute atomic E-state index is 0.121. The van der Waals surface area contributed by atoms with Crippen molar-refractivity contribution < 1.29 is 9.50 Å². The molecule has 0 atom stereocenters. The Hall–Kier alpha value is -2.87. The molecule has 33 heavy (non-hydrogen) atoms. The van der Waals surface area contributed by atoms with Gasteiger partial charge in [-0.2, -0.15) is 0 Å². The van der Waals surface area contributed by atoms with Crippen molar-refractivity contribution in [2.75, 3.05) is 0 Å². The summed E-state index contributed by atoms with van der Waals surface area (Å²) in [6.07, 6.45) is 1.11. The number of hydrogen-bond acceptors (Lipinski definition) is 1. The first-order chi connectivity index (χ1) is 15.7. The van der Waals surface area contributed by atoms with Gasteiger partial charge in [-0.1, -0.05) is 90.9 Å². The lowest BCUT2D eigenvalue weighted by atomic mass is 9.88. The topological polar surface area (TPSA) is 20.2 Å². The third-order valence-electron chi connectivity index (χ3n) is 5.90. The van der Waals surface area contributed by atoms with E-state index in [0.29, 0.717) is 0 Å². The Morgan fingerprint density at radius 3 is 2.00 bits per heavy atom. The van der Waals surface area contributed by atoms with E-state index in [2.05, 4.69) is 64.1 Å². The molecule has 0 spiro atoms. The summed E-state index contributed by atoms with van der Waals surface area (Å²) in [6, 6.07) is 19.7. The lowest BCUT2D eigenvalue weighted by molar-refractivity contribution is 0.475. The molecule has 1 nitrogen and oxygen atoms in total. The number of phenols is 1. The van der Waals surface area contributed by atoms with E-state index in [9.17, 15) is 9.50 Å². The average Bonchev–Trinajstić information content (AvgIpc) is 2.80. The highest BCUT2D eigenvalue weighted by Crippen LogP contribution is 2.36. The van der Waals surface area contributed by atoms with Crippen molar-refractivity contribution in [3.8, 4) is 5.75 Å². The maximum Gasteiger partial charge on any atom is 0.127 e. The largest absolute Gasteiger partial charge is 0.508 e. The zero-order valence-electron chi connectivity index (χ0n) is 21.5. The molecule has 0 fully saturated rings. The third-order valence-corrected chi connectivity index (χ3v) is 5.90. The molecule has 0 aliphatic rings. The predicted octanol–water partition coefficient (Wildman–Crippen LogP) is 9.67. The van der Waals surface area contributed by atoms with Crippen molar-refractivity contribution >= 4 is 21.5 Å². The highest BCUT2D eigenvalue weighted by atomic mass is 19.1. The molecule has 4 rings (SSSR count). The van der Waals surface area contributed by atoms with Crippen LogP contribution in [-0.2, 0) is 6.42 Å². The van der Waals surface area contributed by atoms with Gasteiger partial charge in [0.05, 0.1) is 0 Å². The van der Waals surface area contributed by atoms with Crippen LogP contribution in [0.25, 0.3) is 21.5 Å². The van der Waals surface area contributed by atoms with Crippen LogP contribution in [0.5, 0.6) is 5.75 Å². The minimum atomic E-state index is -0.162. The molecule has 0 radical (unpaired) electrons. The molecule has 4 aromatic rings. The van der Waals surface area contributed by atoms with E-state index >= 15 is 0 Å². The van der Waals surface area contributed by atoms with Gasteiger partial charge in [-0.25, -0.2) is 4.39 Å². The van der Waals surface area contributed by atoms with E-state index in [4.69, 9.17) is 0 Å². The summed E-state index contributed by atoms with van der Waals surface area (Å²) in [4.78, 5) is 0. The van der Waals surface area contributed by atoms with Gasteiger partial charge in [0.25, 0.3) is 0 Å². The highest BCUT2D eigenvalue weighted by molar-refractivity contribution is 5.91. The Labute approximate surface area is 199 Å². The van der Waals surface area contributed by atoms with Crippen LogP contribution in [-0.4, -0.2) is 5.11 Å². The Bertz CT molecular complexity index is 1200. The second kappa shape index (κ2) is 11.8. The van der Waals surface area contributed by atoms with Crippen molar-refractivity contribution in [2.45, 2.75) is 73.6 Å². The van der Waals surface area contributed by atoms with E-state index in [0.717, 1.165) is 28.3 Å². The summed E-state index contributed by atoms with van der Waals surface area (Å²) >= 11 is 0. The second-order valence-electron chi connectivity index (χ2n) is 8.85. The lowest BCUT2D eigenvalue weighted by Crippen LogP contribution is -1.99. The van der Waals surface area contributed by atoms with Crippen LogP contribution in [0.15, 0.2) is 60.7 Å². The third kappa shape index (κ3) is 5.93. The van der Waals surface area contributed by atoms with Crippen molar-refractivity contribution in [1.29, 1.82) is 0 Å². The SMILES string of the molecule is CC.CC(C)c1cc(O)cc2ccc(F)c(C(C)C)c12.CCc1cccc2cccc(C)c12. The fourth-order valence-corrected chi connectivity index (χ4v) is 4.42. The van der Waals surface area contributed by atoms with Crippen LogP contribution in [0, 0.1) is 12.7 Å². The number of hydrogen-bond donors (Lipinski definition) is 1. The molecule has 176 valence electrons. The minimum Gasteiger partial charge on any atom is -0.508 e. The highest BCUT2D eigenvalue weighted by Gasteiger charge is 2.16. The van der Waals surface area contributed by atoms with Gasteiger partial charge in [0.2, 0.25) is 0 Å². The van der Waals surface area contributed by atoms with Gasteiger partial charge in [0.1, 0.15) is 11.6 Å². The number of halogens is 1. The van der Waals surface area contributed by atoms with Gasteiger partial charge in [0.15, 0.2) is 0 Å². The lowest BCUT2D eigenvalue weighted by Gasteiger charge is -2.17.